The van der Waals surface area contributed by atoms with Crippen LogP contribution in [-0.2, 0) is 10.2 Å². The molecule has 114 valence electrons. The van der Waals surface area contributed by atoms with Crippen molar-refractivity contribution in [1.29, 1.82) is 5.26 Å². The van der Waals surface area contributed by atoms with E-state index in [2.05, 4.69) is 6.07 Å². The predicted octanol–water partition coefficient (Wildman–Crippen LogP) is 3.61. The molecule has 3 unspecified atom stereocenters. The van der Waals surface area contributed by atoms with Crippen LogP contribution in [0.2, 0.25) is 0 Å². The molecule has 1 aromatic rings. The molecule has 0 radical (unpaired) electrons. The number of carboxylic acids is 1. The number of carboxylic acid groups (broad SMARTS) is 1. The normalized spacial score (nSPS) is 16.3. The molecule has 1 N–H and O–H groups in total. The van der Waals surface area contributed by atoms with Crippen molar-refractivity contribution >= 4 is 5.97 Å². The van der Waals surface area contributed by atoms with Crippen LogP contribution in [0.25, 0.3) is 0 Å². The molecule has 0 spiro atoms. The molecular weight excluding hydrogens is 266 g/mol. The Kier molecular flexibility index (Phi) is 5.78. The number of rotatable bonds is 7. The van der Waals surface area contributed by atoms with Gasteiger partial charge in [0.05, 0.1) is 24.5 Å². The highest BCUT2D eigenvalue weighted by Gasteiger charge is 2.42. The summed E-state index contributed by atoms with van der Waals surface area (Å²) in [7, 11) is 1.58. The molecule has 0 amide bonds. The molecule has 4 nitrogen and oxygen atoms in total. The molecule has 0 saturated carbocycles. The van der Waals surface area contributed by atoms with Crippen LogP contribution in [0.3, 0.4) is 0 Å². The molecule has 1 aromatic carbocycles. The summed E-state index contributed by atoms with van der Waals surface area (Å²) >= 11 is 0. The van der Waals surface area contributed by atoms with Crippen LogP contribution < -0.4 is 4.74 Å². The van der Waals surface area contributed by atoms with Gasteiger partial charge in [-0.15, -0.1) is 0 Å². The first-order valence-corrected chi connectivity index (χ1v) is 7.21. The topological polar surface area (TPSA) is 70.3 Å². The van der Waals surface area contributed by atoms with Gasteiger partial charge in [-0.3, -0.25) is 4.79 Å². The largest absolute Gasteiger partial charge is 0.497 e. The molecule has 0 bridgehead atoms. The van der Waals surface area contributed by atoms with E-state index in [0.29, 0.717) is 12.2 Å². The molecule has 3 atom stereocenters. The highest BCUT2D eigenvalue weighted by molar-refractivity contribution is 5.70. The molecule has 0 saturated heterocycles. The third-order valence-corrected chi connectivity index (χ3v) is 4.35. The van der Waals surface area contributed by atoms with Gasteiger partial charge in [0, 0.05) is 0 Å². The zero-order chi connectivity index (χ0) is 16.0. The van der Waals surface area contributed by atoms with Gasteiger partial charge < -0.3 is 9.84 Å². The highest BCUT2D eigenvalue weighted by atomic mass is 16.5. The third kappa shape index (κ3) is 3.36. The predicted molar refractivity (Wildman–Crippen MR) is 81.2 cm³/mol. The minimum atomic E-state index is -0.874. The summed E-state index contributed by atoms with van der Waals surface area (Å²) in [6.07, 6.45) is 1.43. The molecule has 0 aliphatic rings. The van der Waals surface area contributed by atoms with Gasteiger partial charge in [0.2, 0.25) is 0 Å². The molecule has 0 heterocycles. The summed E-state index contributed by atoms with van der Waals surface area (Å²) in [6, 6.07) is 9.78. The summed E-state index contributed by atoms with van der Waals surface area (Å²) in [5.74, 6) is -1.09. The Balaban J connectivity index is 3.38. The molecule has 0 fully saturated rings. The van der Waals surface area contributed by atoms with Crippen molar-refractivity contribution in [1.82, 2.24) is 0 Å². The summed E-state index contributed by atoms with van der Waals surface area (Å²) in [4.78, 5) is 11.3. The van der Waals surface area contributed by atoms with E-state index in [9.17, 15) is 15.2 Å². The maximum Gasteiger partial charge on any atom is 0.306 e. The average molecular weight is 289 g/mol. The minimum Gasteiger partial charge on any atom is -0.497 e. The molecule has 0 aromatic heterocycles. The van der Waals surface area contributed by atoms with Crippen LogP contribution in [0.15, 0.2) is 24.3 Å². The number of nitriles is 1. The fourth-order valence-electron chi connectivity index (χ4n) is 2.79. The van der Waals surface area contributed by atoms with Gasteiger partial charge in [-0.05, 0) is 30.0 Å². The van der Waals surface area contributed by atoms with E-state index in [1.54, 1.807) is 14.0 Å². The Morgan fingerprint density at radius 3 is 2.62 bits per heavy atom. The van der Waals surface area contributed by atoms with Crippen LogP contribution in [-0.4, -0.2) is 18.2 Å². The van der Waals surface area contributed by atoms with Crippen LogP contribution in [0.1, 0.15) is 39.2 Å². The lowest BCUT2D eigenvalue weighted by Crippen LogP contribution is -2.38. The monoisotopic (exact) mass is 289 g/mol. The Bertz CT molecular complexity index is 535. The molecule has 1 rings (SSSR count). The van der Waals surface area contributed by atoms with Crippen molar-refractivity contribution in [2.45, 2.75) is 39.0 Å². The first kappa shape index (κ1) is 17.0. The Morgan fingerprint density at radius 1 is 1.48 bits per heavy atom. The van der Waals surface area contributed by atoms with Crippen molar-refractivity contribution in [2.24, 2.45) is 11.8 Å². The highest BCUT2D eigenvalue weighted by Crippen LogP contribution is 2.41. The van der Waals surface area contributed by atoms with Crippen molar-refractivity contribution in [3.05, 3.63) is 29.8 Å². The van der Waals surface area contributed by atoms with Crippen LogP contribution in [0, 0.1) is 23.2 Å². The zero-order valence-corrected chi connectivity index (χ0v) is 13.1. The molecule has 4 heteroatoms. The first-order valence-electron chi connectivity index (χ1n) is 7.21. The number of nitrogens with zero attached hydrogens (tertiary/aromatic N) is 1. The van der Waals surface area contributed by atoms with E-state index in [0.717, 1.165) is 12.0 Å². The van der Waals surface area contributed by atoms with E-state index in [-0.39, 0.29) is 5.92 Å². The van der Waals surface area contributed by atoms with E-state index in [1.807, 2.05) is 38.1 Å². The van der Waals surface area contributed by atoms with E-state index < -0.39 is 17.3 Å². The molecule has 0 aliphatic heterocycles. The van der Waals surface area contributed by atoms with Crippen LogP contribution in [0.4, 0.5) is 0 Å². The van der Waals surface area contributed by atoms with Crippen molar-refractivity contribution in [3.63, 3.8) is 0 Å². The Labute approximate surface area is 126 Å². The van der Waals surface area contributed by atoms with Gasteiger partial charge in [0.1, 0.15) is 5.75 Å². The number of aliphatic carboxylic acids is 1. The average Bonchev–Trinajstić information content (AvgIpc) is 2.51. The summed E-state index contributed by atoms with van der Waals surface area (Å²) in [6.45, 7) is 5.51. The van der Waals surface area contributed by atoms with Gasteiger partial charge in [-0.1, -0.05) is 39.3 Å². The van der Waals surface area contributed by atoms with Gasteiger partial charge in [0.15, 0.2) is 0 Å². The minimum absolute atomic E-state index is 0.299. The first-order chi connectivity index (χ1) is 9.92. The van der Waals surface area contributed by atoms with Crippen LogP contribution >= 0.6 is 0 Å². The lowest BCUT2D eigenvalue weighted by atomic mass is 9.65. The second kappa shape index (κ2) is 7.12. The summed E-state index contributed by atoms with van der Waals surface area (Å²) in [5.41, 5.74) is 0.00738. The number of ether oxygens (including phenoxy) is 1. The second-order valence-electron chi connectivity index (χ2n) is 5.48. The molecular formula is C17H23NO3. The van der Waals surface area contributed by atoms with Crippen molar-refractivity contribution in [2.75, 3.05) is 7.11 Å². The number of methoxy groups -OCH3 is 1. The Morgan fingerprint density at radius 2 is 2.14 bits per heavy atom. The van der Waals surface area contributed by atoms with E-state index >= 15 is 0 Å². The Hall–Kier alpha value is -2.02. The number of hydrogen-bond acceptors (Lipinski definition) is 3. The quantitative estimate of drug-likeness (QED) is 0.832. The van der Waals surface area contributed by atoms with Gasteiger partial charge in [0.25, 0.3) is 0 Å². The van der Waals surface area contributed by atoms with Crippen molar-refractivity contribution in [3.8, 4) is 11.8 Å². The van der Waals surface area contributed by atoms with Crippen molar-refractivity contribution < 1.29 is 14.6 Å². The SMILES string of the molecule is CCCC(C#N)(c1cccc(OC)c1)C(C)C(C)C(=O)O. The van der Waals surface area contributed by atoms with E-state index in [1.165, 1.54) is 0 Å². The number of benzene rings is 1. The number of hydrogen-bond donors (Lipinski definition) is 1. The number of carbonyl (C=O) groups is 1. The van der Waals surface area contributed by atoms with Crippen LogP contribution in [0.5, 0.6) is 5.75 Å². The van der Waals surface area contributed by atoms with Gasteiger partial charge in [-0.25, -0.2) is 0 Å². The molecule has 21 heavy (non-hydrogen) atoms. The zero-order valence-electron chi connectivity index (χ0n) is 13.1. The third-order valence-electron chi connectivity index (χ3n) is 4.35. The smallest absolute Gasteiger partial charge is 0.306 e. The fraction of sp³-hybridized carbons (Fsp3) is 0.529. The molecule has 0 aliphatic carbocycles. The summed E-state index contributed by atoms with van der Waals surface area (Å²) in [5, 5.41) is 19.1. The standard InChI is InChI=1S/C17H23NO3/c1-5-9-17(11-18,13(3)12(2)16(19)20)14-7-6-8-15(10-14)21-4/h6-8,10,12-13H,5,9H2,1-4H3,(H,19,20). The van der Waals surface area contributed by atoms with Gasteiger partial charge in [-0.2, -0.15) is 5.26 Å². The lowest BCUT2D eigenvalue weighted by molar-refractivity contribution is -0.143. The van der Waals surface area contributed by atoms with E-state index in [4.69, 9.17) is 4.74 Å². The fourth-order valence-corrected chi connectivity index (χ4v) is 2.79. The maximum absolute atomic E-state index is 11.3. The second-order valence-corrected chi connectivity index (χ2v) is 5.48. The maximum atomic E-state index is 11.3. The summed E-state index contributed by atoms with van der Waals surface area (Å²) < 4.78 is 5.23. The lowest BCUT2D eigenvalue weighted by Gasteiger charge is -2.35. The van der Waals surface area contributed by atoms with Gasteiger partial charge >= 0.3 is 5.97 Å².